The molecule has 0 bridgehead atoms. The van der Waals surface area contributed by atoms with Gasteiger partial charge in [-0.25, -0.2) is 18.1 Å². The van der Waals surface area contributed by atoms with Crippen molar-refractivity contribution in [2.75, 3.05) is 19.8 Å². The first-order valence-corrected chi connectivity index (χ1v) is 10.3. The average Bonchev–Trinajstić information content (AvgIpc) is 3.40. The van der Waals surface area contributed by atoms with Crippen LogP contribution in [0.2, 0.25) is 0 Å². The van der Waals surface area contributed by atoms with Crippen LogP contribution in [-0.4, -0.2) is 47.2 Å². The summed E-state index contributed by atoms with van der Waals surface area (Å²) in [6, 6.07) is 4.60. The number of nitrogens with zero attached hydrogens (tertiary/aromatic N) is 4. The zero-order valence-corrected chi connectivity index (χ0v) is 15.3. The number of sulfonamides is 1. The van der Waals surface area contributed by atoms with E-state index in [1.807, 2.05) is 11.6 Å². The normalized spacial score (nSPS) is 22.9. The van der Waals surface area contributed by atoms with Crippen LogP contribution in [0.15, 0.2) is 23.1 Å². The molecule has 1 aliphatic carbocycles. The van der Waals surface area contributed by atoms with Crippen molar-refractivity contribution >= 4 is 10.0 Å². The van der Waals surface area contributed by atoms with E-state index in [9.17, 15) is 8.42 Å². The maximum Gasteiger partial charge on any atom is 0.247 e. The van der Waals surface area contributed by atoms with Crippen molar-refractivity contribution in [3.8, 4) is 11.5 Å². The summed E-state index contributed by atoms with van der Waals surface area (Å²) in [4.78, 5) is 4.78. The Labute approximate surface area is 151 Å². The Hall–Kier alpha value is -2.13. The molecule has 2 aliphatic heterocycles. The molecule has 1 saturated carbocycles. The van der Waals surface area contributed by atoms with Crippen LogP contribution in [0.5, 0.6) is 11.5 Å². The third kappa shape index (κ3) is 2.41. The molecule has 5 rings (SSSR count). The molecule has 0 amide bonds. The van der Waals surface area contributed by atoms with E-state index in [2.05, 4.69) is 10.1 Å². The first kappa shape index (κ1) is 16.1. The zero-order valence-electron chi connectivity index (χ0n) is 14.5. The van der Waals surface area contributed by atoms with E-state index in [1.54, 1.807) is 18.2 Å². The van der Waals surface area contributed by atoms with Gasteiger partial charge in [-0.15, -0.1) is 0 Å². The van der Waals surface area contributed by atoms with E-state index in [-0.39, 0.29) is 10.9 Å². The number of para-hydroxylation sites is 1. The van der Waals surface area contributed by atoms with Gasteiger partial charge in [0, 0.05) is 12.5 Å². The second-order valence-corrected chi connectivity index (χ2v) is 8.76. The van der Waals surface area contributed by atoms with Gasteiger partial charge in [0.25, 0.3) is 0 Å². The second-order valence-electron chi connectivity index (χ2n) is 6.90. The summed E-state index contributed by atoms with van der Waals surface area (Å²) >= 11 is 0. The smallest absolute Gasteiger partial charge is 0.247 e. The van der Waals surface area contributed by atoms with Crippen LogP contribution >= 0.6 is 0 Å². The molecule has 3 heterocycles. The maximum absolute atomic E-state index is 13.4. The number of benzene rings is 1. The molecule has 0 radical (unpaired) electrons. The van der Waals surface area contributed by atoms with Gasteiger partial charge >= 0.3 is 0 Å². The maximum atomic E-state index is 13.4. The molecular formula is C17H20N4O4S. The molecule has 1 aromatic carbocycles. The summed E-state index contributed by atoms with van der Waals surface area (Å²) in [5.41, 5.74) is 0. The second kappa shape index (κ2) is 5.68. The van der Waals surface area contributed by atoms with Crippen molar-refractivity contribution < 1.29 is 17.9 Å². The highest BCUT2D eigenvalue weighted by molar-refractivity contribution is 7.89. The lowest BCUT2D eigenvalue weighted by Crippen LogP contribution is -2.41. The fourth-order valence-corrected chi connectivity index (χ4v) is 5.31. The highest BCUT2D eigenvalue weighted by Crippen LogP contribution is 2.42. The minimum absolute atomic E-state index is 0.150. The minimum Gasteiger partial charge on any atom is -0.486 e. The highest BCUT2D eigenvalue weighted by atomic mass is 32.2. The van der Waals surface area contributed by atoms with Crippen molar-refractivity contribution in [3.63, 3.8) is 0 Å². The Morgan fingerprint density at radius 3 is 2.77 bits per heavy atom. The lowest BCUT2D eigenvalue weighted by molar-refractivity contribution is 0.166. The van der Waals surface area contributed by atoms with E-state index >= 15 is 0 Å². The van der Waals surface area contributed by atoms with Crippen molar-refractivity contribution in [1.29, 1.82) is 0 Å². The van der Waals surface area contributed by atoms with E-state index < -0.39 is 10.0 Å². The van der Waals surface area contributed by atoms with Gasteiger partial charge in [0.05, 0.1) is 12.6 Å². The Balaban J connectivity index is 1.53. The molecule has 0 saturated heterocycles. The average molecular weight is 376 g/mol. The number of fused-ring (bicyclic) bond motifs is 2. The van der Waals surface area contributed by atoms with Crippen molar-refractivity contribution in [1.82, 2.24) is 19.1 Å². The van der Waals surface area contributed by atoms with Crippen LogP contribution in [0.4, 0.5) is 0 Å². The Bertz CT molecular complexity index is 967. The van der Waals surface area contributed by atoms with Crippen molar-refractivity contribution in [2.45, 2.75) is 43.2 Å². The Kier molecular flexibility index (Phi) is 3.51. The lowest BCUT2D eigenvalue weighted by atomic mass is 10.2. The summed E-state index contributed by atoms with van der Waals surface area (Å²) in [7, 11) is -3.74. The molecule has 138 valence electrons. The molecule has 0 spiro atoms. The first-order chi connectivity index (χ1) is 12.6. The first-order valence-electron chi connectivity index (χ1n) is 8.91. The van der Waals surface area contributed by atoms with E-state index in [1.165, 1.54) is 4.31 Å². The van der Waals surface area contributed by atoms with Gasteiger partial charge < -0.3 is 9.47 Å². The number of hydrogen-bond donors (Lipinski definition) is 0. The molecule has 1 fully saturated rings. The number of hydrogen-bond acceptors (Lipinski definition) is 6. The lowest BCUT2D eigenvalue weighted by Gasteiger charge is -2.32. The van der Waals surface area contributed by atoms with Gasteiger partial charge in [-0.3, -0.25) is 0 Å². The SMILES string of the molecule is C[C@@H]1c2nc(C3CC3)nn2CCN1S(=O)(=O)c1cccc2c1OCCO2. The van der Waals surface area contributed by atoms with Crippen LogP contribution in [0.25, 0.3) is 0 Å². The van der Waals surface area contributed by atoms with Gasteiger partial charge in [0.1, 0.15) is 23.9 Å². The third-order valence-electron chi connectivity index (χ3n) is 5.11. The van der Waals surface area contributed by atoms with Gasteiger partial charge in [-0.2, -0.15) is 9.40 Å². The molecule has 9 heteroatoms. The predicted molar refractivity (Wildman–Crippen MR) is 91.7 cm³/mol. The van der Waals surface area contributed by atoms with Crippen LogP contribution < -0.4 is 9.47 Å². The monoisotopic (exact) mass is 376 g/mol. The van der Waals surface area contributed by atoms with Gasteiger partial charge in [-0.05, 0) is 31.9 Å². The molecule has 1 aromatic heterocycles. The fourth-order valence-electron chi connectivity index (χ4n) is 3.58. The summed E-state index contributed by atoms with van der Waals surface area (Å²) in [5, 5.41) is 4.56. The van der Waals surface area contributed by atoms with Gasteiger partial charge in [0.2, 0.25) is 10.0 Å². The minimum atomic E-state index is -3.74. The highest BCUT2D eigenvalue weighted by Gasteiger charge is 2.40. The summed E-state index contributed by atoms with van der Waals surface area (Å²) in [5.74, 6) is 2.78. The molecule has 0 N–H and O–H groups in total. The molecule has 1 atom stereocenters. The van der Waals surface area contributed by atoms with Crippen molar-refractivity contribution in [2.24, 2.45) is 0 Å². The third-order valence-corrected chi connectivity index (χ3v) is 7.11. The van der Waals surface area contributed by atoms with Crippen LogP contribution in [-0.2, 0) is 16.6 Å². The molecule has 26 heavy (non-hydrogen) atoms. The zero-order chi connectivity index (χ0) is 17.9. The van der Waals surface area contributed by atoms with E-state index in [4.69, 9.17) is 9.47 Å². The van der Waals surface area contributed by atoms with Crippen LogP contribution in [0, 0.1) is 0 Å². The standard InChI is InChI=1S/C17H20N4O4S/c1-11-17-18-16(12-5-6-12)19-20(17)7-8-21(11)26(22,23)14-4-2-3-13-15(14)25-10-9-24-13/h2-4,11-12H,5-10H2,1H3/t11-/m1/s1. The Morgan fingerprint density at radius 2 is 1.96 bits per heavy atom. The number of rotatable bonds is 3. The molecular weight excluding hydrogens is 356 g/mol. The summed E-state index contributed by atoms with van der Waals surface area (Å²) in [6.45, 7) is 3.48. The van der Waals surface area contributed by atoms with Crippen LogP contribution in [0.3, 0.4) is 0 Å². The Morgan fingerprint density at radius 1 is 1.15 bits per heavy atom. The number of aromatic nitrogens is 3. The molecule has 3 aliphatic rings. The predicted octanol–water partition coefficient (Wildman–Crippen LogP) is 1.69. The largest absolute Gasteiger partial charge is 0.486 e. The summed E-state index contributed by atoms with van der Waals surface area (Å²) in [6.07, 6.45) is 2.24. The van der Waals surface area contributed by atoms with Crippen molar-refractivity contribution in [3.05, 3.63) is 29.8 Å². The van der Waals surface area contributed by atoms with E-state index in [0.717, 1.165) is 18.7 Å². The molecule has 2 aromatic rings. The fraction of sp³-hybridized carbons (Fsp3) is 0.529. The molecule has 8 nitrogen and oxygen atoms in total. The number of ether oxygens (including phenoxy) is 2. The van der Waals surface area contributed by atoms with Gasteiger partial charge in [-0.1, -0.05) is 6.07 Å². The molecule has 0 unspecified atom stereocenters. The topological polar surface area (TPSA) is 86.6 Å². The van der Waals surface area contributed by atoms with E-state index in [0.29, 0.717) is 49.5 Å². The quantitative estimate of drug-likeness (QED) is 0.810. The van der Waals surface area contributed by atoms with Crippen LogP contribution in [0.1, 0.15) is 43.4 Å². The van der Waals surface area contributed by atoms with Gasteiger partial charge in [0.15, 0.2) is 17.3 Å². The summed E-state index contributed by atoms with van der Waals surface area (Å²) < 4.78 is 41.2.